The van der Waals surface area contributed by atoms with Gasteiger partial charge in [-0.2, -0.15) is 0 Å². The average Bonchev–Trinajstić information content (AvgIpc) is 2.69. The van der Waals surface area contributed by atoms with E-state index in [2.05, 4.69) is 110 Å². The zero-order valence-corrected chi connectivity index (χ0v) is 14.3. The van der Waals surface area contributed by atoms with Crippen molar-refractivity contribution < 1.29 is 0 Å². The zero-order valence-electron chi connectivity index (χ0n) is 14.3. The average molecular weight is 320 g/mol. The number of hydrogen-bond donors (Lipinski definition) is 0. The van der Waals surface area contributed by atoms with Gasteiger partial charge in [0.15, 0.2) is 0 Å². The molecule has 0 unspecified atom stereocenters. The molecule has 0 atom stereocenters. The van der Waals surface area contributed by atoms with Crippen LogP contribution in [-0.2, 0) is 0 Å². The summed E-state index contributed by atoms with van der Waals surface area (Å²) in [4.78, 5) is 0. The second kappa shape index (κ2) is 6.78. The van der Waals surface area contributed by atoms with Crippen molar-refractivity contribution in [3.8, 4) is 33.4 Å². The summed E-state index contributed by atoms with van der Waals surface area (Å²) < 4.78 is 0. The Bertz CT molecular complexity index is 983. The minimum Gasteiger partial charge on any atom is -0.0622 e. The van der Waals surface area contributed by atoms with E-state index in [1.165, 1.54) is 38.9 Å². The fourth-order valence-corrected chi connectivity index (χ4v) is 3.29. The van der Waals surface area contributed by atoms with Crippen molar-refractivity contribution in [2.45, 2.75) is 6.92 Å². The van der Waals surface area contributed by atoms with Crippen LogP contribution in [0.2, 0.25) is 0 Å². The highest BCUT2D eigenvalue weighted by atomic mass is 14.1. The molecule has 4 rings (SSSR count). The molecular formula is C25H20. The van der Waals surface area contributed by atoms with Crippen LogP contribution in [0.4, 0.5) is 0 Å². The fourth-order valence-electron chi connectivity index (χ4n) is 3.29. The summed E-state index contributed by atoms with van der Waals surface area (Å²) in [5, 5.41) is 0. The normalized spacial score (nSPS) is 10.6. The predicted octanol–water partition coefficient (Wildman–Crippen LogP) is 7.00. The summed E-state index contributed by atoms with van der Waals surface area (Å²) in [5.41, 5.74) is 8.88. The Morgan fingerprint density at radius 3 is 1.52 bits per heavy atom. The van der Waals surface area contributed by atoms with Crippen molar-refractivity contribution in [1.29, 1.82) is 0 Å². The van der Waals surface area contributed by atoms with Crippen LogP contribution in [0.15, 0.2) is 103 Å². The number of benzene rings is 4. The van der Waals surface area contributed by atoms with Crippen molar-refractivity contribution in [3.63, 3.8) is 0 Å². The van der Waals surface area contributed by atoms with Crippen LogP contribution in [-0.4, -0.2) is 0 Å². The summed E-state index contributed by atoms with van der Waals surface area (Å²) in [6, 6.07) is 36.6. The molecule has 0 N–H and O–H groups in total. The molecule has 25 heavy (non-hydrogen) atoms. The minimum atomic E-state index is 1.25. The molecule has 0 aromatic heterocycles. The van der Waals surface area contributed by atoms with E-state index < -0.39 is 0 Å². The van der Waals surface area contributed by atoms with Crippen molar-refractivity contribution in [1.82, 2.24) is 0 Å². The van der Waals surface area contributed by atoms with Crippen LogP contribution < -0.4 is 0 Å². The second-order valence-electron chi connectivity index (χ2n) is 6.34. The summed E-state index contributed by atoms with van der Waals surface area (Å²) in [6.45, 7) is 2.19. The zero-order chi connectivity index (χ0) is 17.1. The molecule has 0 aliphatic heterocycles. The van der Waals surface area contributed by atoms with Crippen molar-refractivity contribution in [2.75, 3.05) is 0 Å². The van der Waals surface area contributed by atoms with Crippen molar-refractivity contribution in [2.24, 2.45) is 0 Å². The van der Waals surface area contributed by atoms with Crippen molar-refractivity contribution in [3.05, 3.63) is 109 Å². The number of hydrogen-bond acceptors (Lipinski definition) is 0. The summed E-state index contributed by atoms with van der Waals surface area (Å²) >= 11 is 0. The molecule has 0 amide bonds. The molecule has 4 aromatic carbocycles. The van der Waals surface area contributed by atoms with Gasteiger partial charge >= 0.3 is 0 Å². The van der Waals surface area contributed by atoms with Gasteiger partial charge in [-0.15, -0.1) is 0 Å². The van der Waals surface area contributed by atoms with E-state index in [-0.39, 0.29) is 0 Å². The van der Waals surface area contributed by atoms with Gasteiger partial charge in [0.25, 0.3) is 0 Å². The highest BCUT2D eigenvalue weighted by Crippen LogP contribution is 2.31. The van der Waals surface area contributed by atoms with Gasteiger partial charge in [-0.3, -0.25) is 0 Å². The Hall–Kier alpha value is -3.12. The minimum absolute atomic E-state index is 1.25. The maximum atomic E-state index is 2.28. The quantitative estimate of drug-likeness (QED) is 0.381. The first-order valence-corrected chi connectivity index (χ1v) is 8.63. The Morgan fingerprint density at radius 2 is 0.920 bits per heavy atom. The number of aryl methyl sites for hydroxylation is 1. The molecule has 0 heteroatoms. The lowest BCUT2D eigenvalue weighted by Gasteiger charge is -2.11. The molecule has 0 nitrogen and oxygen atoms in total. The smallest absolute Gasteiger partial charge is 0.0154 e. The topological polar surface area (TPSA) is 0 Å². The van der Waals surface area contributed by atoms with E-state index >= 15 is 0 Å². The summed E-state index contributed by atoms with van der Waals surface area (Å²) in [6.07, 6.45) is 0. The highest BCUT2D eigenvalue weighted by Gasteiger charge is 2.06. The van der Waals surface area contributed by atoms with E-state index in [9.17, 15) is 0 Å². The van der Waals surface area contributed by atoms with Gasteiger partial charge in [-0.05, 0) is 51.9 Å². The maximum absolute atomic E-state index is 2.28. The lowest BCUT2D eigenvalue weighted by atomic mass is 9.94. The van der Waals surface area contributed by atoms with Crippen LogP contribution in [0.25, 0.3) is 33.4 Å². The number of rotatable bonds is 3. The largest absolute Gasteiger partial charge is 0.0622 e. The second-order valence-corrected chi connectivity index (χ2v) is 6.34. The Balaban J connectivity index is 1.73. The molecule has 0 spiro atoms. The maximum Gasteiger partial charge on any atom is -0.0154 e. The van der Waals surface area contributed by atoms with Gasteiger partial charge in [0, 0.05) is 0 Å². The van der Waals surface area contributed by atoms with Crippen LogP contribution in [0.1, 0.15) is 5.56 Å². The standard InChI is InChI=1S/C25H20/c1-19-17-23(21-11-6-3-7-12-21)15-16-25(19)24-14-8-13-22(18-24)20-9-4-2-5-10-20/h2-18H,1H3. The van der Waals surface area contributed by atoms with Gasteiger partial charge in [-0.1, -0.05) is 97.1 Å². The first-order chi connectivity index (χ1) is 12.3. The molecule has 0 aliphatic carbocycles. The van der Waals surface area contributed by atoms with Crippen LogP contribution in [0, 0.1) is 6.92 Å². The molecule has 0 heterocycles. The van der Waals surface area contributed by atoms with E-state index in [1.54, 1.807) is 0 Å². The third-order valence-corrected chi connectivity index (χ3v) is 4.61. The van der Waals surface area contributed by atoms with E-state index in [0.717, 1.165) is 0 Å². The molecule has 0 saturated heterocycles. The highest BCUT2D eigenvalue weighted by molar-refractivity contribution is 5.77. The molecule has 0 aliphatic rings. The predicted molar refractivity (Wildman–Crippen MR) is 107 cm³/mol. The third-order valence-electron chi connectivity index (χ3n) is 4.61. The van der Waals surface area contributed by atoms with E-state index in [4.69, 9.17) is 0 Å². The van der Waals surface area contributed by atoms with Gasteiger partial charge in [0.1, 0.15) is 0 Å². The van der Waals surface area contributed by atoms with Gasteiger partial charge in [-0.25, -0.2) is 0 Å². The first kappa shape index (κ1) is 15.4. The molecule has 0 radical (unpaired) electrons. The molecular weight excluding hydrogens is 300 g/mol. The third kappa shape index (κ3) is 3.25. The van der Waals surface area contributed by atoms with Crippen LogP contribution in [0.3, 0.4) is 0 Å². The molecule has 0 saturated carbocycles. The monoisotopic (exact) mass is 320 g/mol. The SMILES string of the molecule is Cc1cc(-c2ccccc2)ccc1-c1cccc(-c2ccccc2)c1. The van der Waals surface area contributed by atoms with Crippen molar-refractivity contribution >= 4 is 0 Å². The van der Waals surface area contributed by atoms with Gasteiger partial charge < -0.3 is 0 Å². The Morgan fingerprint density at radius 1 is 0.400 bits per heavy atom. The van der Waals surface area contributed by atoms with E-state index in [0.29, 0.717) is 0 Å². The van der Waals surface area contributed by atoms with Crippen LogP contribution >= 0.6 is 0 Å². The summed E-state index contributed by atoms with van der Waals surface area (Å²) in [5.74, 6) is 0. The molecule has 0 fully saturated rings. The van der Waals surface area contributed by atoms with Crippen LogP contribution in [0.5, 0.6) is 0 Å². The Kier molecular flexibility index (Phi) is 4.18. The molecule has 4 aromatic rings. The summed E-state index contributed by atoms with van der Waals surface area (Å²) in [7, 11) is 0. The fraction of sp³-hybridized carbons (Fsp3) is 0.0400. The molecule has 120 valence electrons. The molecule has 0 bridgehead atoms. The van der Waals surface area contributed by atoms with E-state index in [1.807, 2.05) is 0 Å². The lowest BCUT2D eigenvalue weighted by Crippen LogP contribution is -1.87. The lowest BCUT2D eigenvalue weighted by molar-refractivity contribution is 1.45. The first-order valence-electron chi connectivity index (χ1n) is 8.63. The van der Waals surface area contributed by atoms with Gasteiger partial charge in [0.05, 0.1) is 0 Å². The Labute approximate surface area is 149 Å². The van der Waals surface area contributed by atoms with Gasteiger partial charge in [0.2, 0.25) is 0 Å².